The molecule has 8 nitrogen and oxygen atoms in total. The van der Waals surface area contributed by atoms with Gasteiger partial charge in [-0.2, -0.15) is 0 Å². The first-order valence-corrected chi connectivity index (χ1v) is 8.34. The van der Waals surface area contributed by atoms with E-state index in [1.54, 1.807) is 14.7 Å². The van der Waals surface area contributed by atoms with Crippen LogP contribution in [0.2, 0.25) is 0 Å². The first-order valence-electron chi connectivity index (χ1n) is 8.34. The van der Waals surface area contributed by atoms with Gasteiger partial charge in [0.25, 0.3) is 0 Å². The van der Waals surface area contributed by atoms with Gasteiger partial charge in [-0.3, -0.25) is 0 Å². The Labute approximate surface area is 142 Å². The summed E-state index contributed by atoms with van der Waals surface area (Å²) in [4.78, 5) is 41.4. The molecule has 0 aromatic carbocycles. The highest BCUT2D eigenvalue weighted by Gasteiger charge is 2.38. The van der Waals surface area contributed by atoms with Gasteiger partial charge in [0.1, 0.15) is 11.6 Å². The van der Waals surface area contributed by atoms with Crippen LogP contribution in [0.4, 0.5) is 9.59 Å². The first-order chi connectivity index (χ1) is 11.2. The summed E-state index contributed by atoms with van der Waals surface area (Å²) in [6.07, 6.45) is 1.07. The van der Waals surface area contributed by atoms with Gasteiger partial charge in [0.15, 0.2) is 0 Å². The number of urea groups is 1. The lowest BCUT2D eigenvalue weighted by Crippen LogP contribution is -2.56. The smallest absolute Gasteiger partial charge is 0.410 e. The number of piperazine rings is 1. The zero-order chi connectivity index (χ0) is 17.9. The molecule has 2 rings (SSSR count). The maximum Gasteiger partial charge on any atom is 0.410 e. The molecule has 0 aromatic rings. The van der Waals surface area contributed by atoms with Gasteiger partial charge in [-0.05, 0) is 33.6 Å². The summed E-state index contributed by atoms with van der Waals surface area (Å²) in [7, 11) is 1.34. The van der Waals surface area contributed by atoms with Gasteiger partial charge in [-0.25, -0.2) is 14.4 Å². The van der Waals surface area contributed by atoms with Crippen molar-refractivity contribution in [1.29, 1.82) is 0 Å². The van der Waals surface area contributed by atoms with Crippen molar-refractivity contribution >= 4 is 18.1 Å². The molecule has 0 aromatic heterocycles. The molecule has 2 heterocycles. The zero-order valence-electron chi connectivity index (χ0n) is 14.9. The summed E-state index contributed by atoms with van der Waals surface area (Å²) in [6, 6.07) is -0.655. The topological polar surface area (TPSA) is 79.4 Å². The Hall–Kier alpha value is -1.99. The second kappa shape index (κ2) is 7.27. The van der Waals surface area contributed by atoms with E-state index >= 15 is 0 Å². The van der Waals surface area contributed by atoms with Crippen LogP contribution in [0.1, 0.15) is 33.6 Å². The van der Waals surface area contributed by atoms with E-state index in [1.807, 2.05) is 20.8 Å². The number of hydrogen-bond donors (Lipinski definition) is 0. The SMILES string of the molecule is COC(=O)C1CCCN1C(=O)N1CCN(C(=O)OC(C)(C)C)CC1. The molecule has 2 aliphatic heterocycles. The standard InChI is InChI=1S/C16H27N3O5/c1-16(2,3)24-15(22)18-10-8-17(9-11-18)14(21)19-7-5-6-12(19)13(20)23-4/h12H,5-11H2,1-4H3. The van der Waals surface area contributed by atoms with Gasteiger partial charge in [-0.1, -0.05) is 0 Å². The molecular formula is C16H27N3O5. The number of methoxy groups -OCH3 is 1. The van der Waals surface area contributed by atoms with Gasteiger partial charge in [0.05, 0.1) is 7.11 Å². The molecule has 136 valence electrons. The molecule has 0 aliphatic carbocycles. The lowest BCUT2D eigenvalue weighted by atomic mass is 10.2. The number of ether oxygens (including phenoxy) is 2. The van der Waals surface area contributed by atoms with Crippen LogP contribution >= 0.6 is 0 Å². The largest absolute Gasteiger partial charge is 0.467 e. The third kappa shape index (κ3) is 4.30. The number of carbonyl (C=O) groups is 3. The van der Waals surface area contributed by atoms with E-state index in [0.29, 0.717) is 39.1 Å². The average Bonchev–Trinajstić information content (AvgIpc) is 3.01. The maximum atomic E-state index is 12.6. The van der Waals surface area contributed by atoms with Gasteiger partial charge < -0.3 is 24.2 Å². The summed E-state index contributed by atoms with van der Waals surface area (Å²) in [5.41, 5.74) is -0.534. The number of nitrogens with zero attached hydrogens (tertiary/aromatic N) is 3. The van der Waals surface area contributed by atoms with Crippen LogP contribution in [0, 0.1) is 0 Å². The van der Waals surface area contributed by atoms with Crippen LogP contribution in [-0.2, 0) is 14.3 Å². The summed E-state index contributed by atoms with van der Waals surface area (Å²) < 4.78 is 10.1. The van der Waals surface area contributed by atoms with Crippen molar-refractivity contribution < 1.29 is 23.9 Å². The first kappa shape index (κ1) is 18.4. The third-order valence-electron chi connectivity index (χ3n) is 4.17. The molecule has 2 saturated heterocycles. The highest BCUT2D eigenvalue weighted by atomic mass is 16.6. The molecule has 2 aliphatic rings. The Morgan fingerprint density at radius 3 is 2.08 bits per heavy atom. The minimum atomic E-state index is -0.534. The van der Waals surface area contributed by atoms with Crippen molar-refractivity contribution in [1.82, 2.24) is 14.7 Å². The summed E-state index contributed by atoms with van der Waals surface area (Å²) >= 11 is 0. The molecular weight excluding hydrogens is 314 g/mol. The van der Waals surface area contributed by atoms with Crippen LogP contribution in [0.15, 0.2) is 0 Å². The van der Waals surface area contributed by atoms with E-state index in [0.717, 1.165) is 6.42 Å². The molecule has 0 N–H and O–H groups in total. The number of rotatable bonds is 1. The van der Waals surface area contributed by atoms with Crippen LogP contribution in [0.25, 0.3) is 0 Å². The fraction of sp³-hybridized carbons (Fsp3) is 0.812. The highest BCUT2D eigenvalue weighted by Crippen LogP contribution is 2.21. The van der Waals surface area contributed by atoms with Crippen molar-refractivity contribution in [2.75, 3.05) is 39.8 Å². The van der Waals surface area contributed by atoms with Crippen molar-refractivity contribution in [2.45, 2.75) is 45.3 Å². The molecule has 24 heavy (non-hydrogen) atoms. The fourth-order valence-electron chi connectivity index (χ4n) is 2.97. The number of hydrogen-bond acceptors (Lipinski definition) is 5. The Morgan fingerprint density at radius 1 is 0.958 bits per heavy atom. The van der Waals surface area contributed by atoms with E-state index in [9.17, 15) is 14.4 Å². The molecule has 0 saturated carbocycles. The molecule has 3 amide bonds. The van der Waals surface area contributed by atoms with Crippen molar-refractivity contribution in [3.05, 3.63) is 0 Å². The number of esters is 1. The van der Waals surface area contributed by atoms with E-state index in [4.69, 9.17) is 9.47 Å². The van der Waals surface area contributed by atoms with Gasteiger partial charge >= 0.3 is 18.1 Å². The van der Waals surface area contributed by atoms with Gasteiger partial charge in [-0.15, -0.1) is 0 Å². The Kier molecular flexibility index (Phi) is 5.56. The Morgan fingerprint density at radius 2 is 1.54 bits per heavy atom. The monoisotopic (exact) mass is 341 g/mol. The highest BCUT2D eigenvalue weighted by molar-refractivity contribution is 5.84. The predicted octanol–water partition coefficient (Wildman–Crippen LogP) is 1.30. The minimum absolute atomic E-state index is 0.160. The van der Waals surface area contributed by atoms with E-state index in [2.05, 4.69) is 0 Å². The minimum Gasteiger partial charge on any atom is -0.467 e. The van der Waals surface area contributed by atoms with Crippen LogP contribution < -0.4 is 0 Å². The summed E-state index contributed by atoms with van der Waals surface area (Å²) in [5, 5.41) is 0. The van der Waals surface area contributed by atoms with Crippen LogP contribution in [-0.4, -0.2) is 84.3 Å². The lowest BCUT2D eigenvalue weighted by molar-refractivity contribution is -0.145. The number of carbonyl (C=O) groups excluding carboxylic acids is 3. The molecule has 0 bridgehead atoms. The molecule has 8 heteroatoms. The fourth-order valence-corrected chi connectivity index (χ4v) is 2.97. The summed E-state index contributed by atoms with van der Waals surface area (Å²) in [6.45, 7) is 7.76. The van der Waals surface area contributed by atoms with Crippen molar-refractivity contribution in [2.24, 2.45) is 0 Å². The van der Waals surface area contributed by atoms with E-state index in [1.165, 1.54) is 7.11 Å². The average molecular weight is 341 g/mol. The number of amides is 3. The normalized spacial score (nSPS) is 21.7. The molecule has 0 radical (unpaired) electrons. The van der Waals surface area contributed by atoms with Crippen molar-refractivity contribution in [3.8, 4) is 0 Å². The number of likely N-dealkylation sites (tertiary alicyclic amines) is 1. The van der Waals surface area contributed by atoms with Crippen LogP contribution in [0.3, 0.4) is 0 Å². The molecule has 0 spiro atoms. The third-order valence-corrected chi connectivity index (χ3v) is 4.17. The second-order valence-electron chi connectivity index (χ2n) is 7.11. The molecule has 2 fully saturated rings. The van der Waals surface area contributed by atoms with Gasteiger partial charge in [0.2, 0.25) is 0 Å². The van der Waals surface area contributed by atoms with E-state index < -0.39 is 11.6 Å². The Balaban J connectivity index is 1.89. The second-order valence-corrected chi connectivity index (χ2v) is 7.11. The maximum absolute atomic E-state index is 12.6. The van der Waals surface area contributed by atoms with E-state index in [-0.39, 0.29) is 18.1 Å². The van der Waals surface area contributed by atoms with Crippen LogP contribution in [0.5, 0.6) is 0 Å². The van der Waals surface area contributed by atoms with Crippen molar-refractivity contribution in [3.63, 3.8) is 0 Å². The lowest BCUT2D eigenvalue weighted by Gasteiger charge is -2.38. The predicted molar refractivity (Wildman–Crippen MR) is 86.5 cm³/mol. The quantitative estimate of drug-likeness (QED) is 0.672. The van der Waals surface area contributed by atoms with Gasteiger partial charge in [0, 0.05) is 32.7 Å². The molecule has 1 unspecified atom stereocenters. The molecule has 1 atom stereocenters. The summed E-state index contributed by atoms with van der Waals surface area (Å²) in [5.74, 6) is -0.367. The Bertz CT molecular complexity index is 494. The zero-order valence-corrected chi connectivity index (χ0v) is 14.9.